The molecule has 4 nitrogen and oxygen atoms in total. The molecule has 0 saturated heterocycles. The van der Waals surface area contributed by atoms with Gasteiger partial charge in [-0.1, -0.05) is 6.42 Å². The van der Waals surface area contributed by atoms with Gasteiger partial charge in [-0.05, 0) is 33.1 Å². The Hall–Kier alpha value is -0.610. The Morgan fingerprint density at radius 1 is 1.50 bits per heavy atom. The lowest BCUT2D eigenvalue weighted by molar-refractivity contribution is -0.139. The summed E-state index contributed by atoms with van der Waals surface area (Å²) in [7, 11) is 0. The van der Waals surface area contributed by atoms with Crippen molar-refractivity contribution < 1.29 is 9.90 Å². The molecule has 0 bridgehead atoms. The largest absolute Gasteiger partial charge is 0.395 e. The van der Waals surface area contributed by atoms with E-state index in [1.807, 2.05) is 13.8 Å². The molecule has 4 heteroatoms. The molecule has 0 aromatic heterocycles. The number of nitrogens with zero attached hydrogens (tertiary/aromatic N) is 1. The Labute approximate surface area is 97.8 Å². The average molecular weight is 228 g/mol. The first-order chi connectivity index (χ1) is 7.56. The highest BCUT2D eigenvalue weighted by atomic mass is 16.3. The number of rotatable bonds is 4. The van der Waals surface area contributed by atoms with Crippen LogP contribution in [0.1, 0.15) is 39.5 Å². The van der Waals surface area contributed by atoms with E-state index in [1.54, 1.807) is 4.90 Å². The van der Waals surface area contributed by atoms with Gasteiger partial charge in [0.05, 0.1) is 6.61 Å². The summed E-state index contributed by atoms with van der Waals surface area (Å²) >= 11 is 0. The van der Waals surface area contributed by atoms with Gasteiger partial charge in [0.25, 0.3) is 0 Å². The summed E-state index contributed by atoms with van der Waals surface area (Å²) in [4.78, 5) is 14.0. The fourth-order valence-corrected chi connectivity index (χ4v) is 2.42. The Kier molecular flexibility index (Phi) is 5.22. The van der Waals surface area contributed by atoms with Gasteiger partial charge < -0.3 is 15.7 Å². The minimum Gasteiger partial charge on any atom is -0.395 e. The van der Waals surface area contributed by atoms with Crippen LogP contribution in [0.25, 0.3) is 0 Å². The van der Waals surface area contributed by atoms with Crippen LogP contribution in [0, 0.1) is 5.92 Å². The number of aliphatic hydroxyl groups excluding tert-OH is 1. The molecular weight excluding hydrogens is 204 g/mol. The van der Waals surface area contributed by atoms with Crippen LogP contribution >= 0.6 is 0 Å². The molecule has 1 aliphatic carbocycles. The second kappa shape index (κ2) is 6.21. The second-order valence-electron chi connectivity index (χ2n) is 4.97. The highest BCUT2D eigenvalue weighted by Crippen LogP contribution is 2.25. The van der Waals surface area contributed by atoms with Gasteiger partial charge in [-0.15, -0.1) is 0 Å². The lowest BCUT2D eigenvalue weighted by Crippen LogP contribution is -2.45. The number of hydrogen-bond donors (Lipinski definition) is 2. The lowest BCUT2D eigenvalue weighted by Gasteiger charge is -2.33. The highest BCUT2D eigenvalue weighted by Gasteiger charge is 2.29. The summed E-state index contributed by atoms with van der Waals surface area (Å²) in [6.45, 7) is 4.43. The van der Waals surface area contributed by atoms with Crippen molar-refractivity contribution in [2.24, 2.45) is 11.7 Å². The minimum atomic E-state index is 0.0304. The van der Waals surface area contributed by atoms with E-state index in [0.717, 1.165) is 25.7 Å². The van der Waals surface area contributed by atoms with Crippen molar-refractivity contribution in [2.45, 2.75) is 51.6 Å². The molecule has 0 aromatic carbocycles. The van der Waals surface area contributed by atoms with Crippen LogP contribution < -0.4 is 5.73 Å². The first-order valence-electron chi connectivity index (χ1n) is 6.23. The molecule has 16 heavy (non-hydrogen) atoms. The van der Waals surface area contributed by atoms with Gasteiger partial charge in [-0.2, -0.15) is 0 Å². The summed E-state index contributed by atoms with van der Waals surface area (Å²) in [5, 5.41) is 8.97. The number of carbonyl (C=O) groups excluding carboxylic acids is 1. The number of hydrogen-bond acceptors (Lipinski definition) is 3. The van der Waals surface area contributed by atoms with Crippen molar-refractivity contribution in [3.05, 3.63) is 0 Å². The first-order valence-corrected chi connectivity index (χ1v) is 6.23. The second-order valence-corrected chi connectivity index (χ2v) is 4.97. The average Bonchev–Trinajstić information content (AvgIpc) is 2.24. The molecule has 3 N–H and O–H groups in total. The van der Waals surface area contributed by atoms with Crippen LogP contribution in [-0.4, -0.2) is 41.1 Å². The predicted octanol–water partition coefficient (Wildman–Crippen LogP) is 0.733. The van der Waals surface area contributed by atoms with Gasteiger partial charge in [-0.25, -0.2) is 0 Å². The molecule has 0 aromatic rings. The lowest BCUT2D eigenvalue weighted by atomic mass is 9.85. The third kappa shape index (κ3) is 3.46. The van der Waals surface area contributed by atoms with Crippen LogP contribution in [0.15, 0.2) is 0 Å². The van der Waals surface area contributed by atoms with Gasteiger partial charge in [0.2, 0.25) is 5.91 Å². The summed E-state index contributed by atoms with van der Waals surface area (Å²) in [6.07, 6.45) is 3.82. The Balaban J connectivity index is 2.58. The Morgan fingerprint density at radius 2 is 2.19 bits per heavy atom. The number of nitrogens with two attached hydrogens (primary N) is 1. The number of carbonyl (C=O) groups is 1. The summed E-state index contributed by atoms with van der Waals surface area (Å²) < 4.78 is 0. The molecule has 0 radical (unpaired) electrons. The molecule has 0 heterocycles. The van der Waals surface area contributed by atoms with Crippen molar-refractivity contribution >= 4 is 5.91 Å². The number of amides is 1. The maximum atomic E-state index is 12.2. The standard InChI is InChI=1S/C12H24N2O2/c1-9(2)14(6-7-15)12(16)10-4-3-5-11(13)8-10/h9-11,15H,3-8,13H2,1-2H3. The van der Waals surface area contributed by atoms with Crippen molar-refractivity contribution in [1.82, 2.24) is 4.90 Å². The molecule has 1 amide bonds. The molecule has 1 aliphatic rings. The zero-order chi connectivity index (χ0) is 12.1. The molecule has 2 atom stereocenters. The highest BCUT2D eigenvalue weighted by molar-refractivity contribution is 5.79. The number of aliphatic hydroxyl groups is 1. The van der Waals surface area contributed by atoms with E-state index in [2.05, 4.69) is 0 Å². The fraction of sp³-hybridized carbons (Fsp3) is 0.917. The van der Waals surface area contributed by atoms with Gasteiger partial charge in [0, 0.05) is 24.5 Å². The third-order valence-corrected chi connectivity index (χ3v) is 3.31. The molecule has 2 unspecified atom stereocenters. The third-order valence-electron chi connectivity index (χ3n) is 3.31. The smallest absolute Gasteiger partial charge is 0.226 e. The molecule has 0 spiro atoms. The van der Waals surface area contributed by atoms with E-state index in [-0.39, 0.29) is 30.5 Å². The molecule has 1 fully saturated rings. The predicted molar refractivity (Wildman–Crippen MR) is 63.9 cm³/mol. The zero-order valence-electron chi connectivity index (χ0n) is 10.4. The van der Waals surface area contributed by atoms with Gasteiger partial charge in [0.1, 0.15) is 0 Å². The van der Waals surface area contributed by atoms with Crippen LogP contribution in [0.3, 0.4) is 0 Å². The fourth-order valence-electron chi connectivity index (χ4n) is 2.42. The van der Waals surface area contributed by atoms with Crippen molar-refractivity contribution in [3.63, 3.8) is 0 Å². The van der Waals surface area contributed by atoms with Crippen molar-refractivity contribution in [3.8, 4) is 0 Å². The van der Waals surface area contributed by atoms with Crippen LogP contribution in [0.2, 0.25) is 0 Å². The van der Waals surface area contributed by atoms with E-state index in [0.29, 0.717) is 6.54 Å². The monoisotopic (exact) mass is 228 g/mol. The van der Waals surface area contributed by atoms with Crippen molar-refractivity contribution in [2.75, 3.05) is 13.2 Å². The minimum absolute atomic E-state index is 0.0304. The van der Waals surface area contributed by atoms with Gasteiger partial charge >= 0.3 is 0 Å². The Morgan fingerprint density at radius 3 is 2.69 bits per heavy atom. The molecule has 0 aliphatic heterocycles. The topological polar surface area (TPSA) is 66.6 Å². The normalized spacial score (nSPS) is 25.8. The van der Waals surface area contributed by atoms with Gasteiger partial charge in [-0.3, -0.25) is 4.79 Å². The summed E-state index contributed by atoms with van der Waals surface area (Å²) in [6, 6.07) is 0.323. The van der Waals surface area contributed by atoms with E-state index in [1.165, 1.54) is 0 Å². The molecule has 94 valence electrons. The zero-order valence-corrected chi connectivity index (χ0v) is 10.4. The van der Waals surface area contributed by atoms with Crippen LogP contribution in [-0.2, 0) is 4.79 Å². The summed E-state index contributed by atoms with van der Waals surface area (Å²) in [5.74, 6) is 0.233. The van der Waals surface area contributed by atoms with E-state index < -0.39 is 0 Å². The summed E-state index contributed by atoms with van der Waals surface area (Å²) in [5.41, 5.74) is 5.89. The maximum Gasteiger partial charge on any atom is 0.226 e. The van der Waals surface area contributed by atoms with Crippen molar-refractivity contribution in [1.29, 1.82) is 0 Å². The van der Waals surface area contributed by atoms with Gasteiger partial charge in [0.15, 0.2) is 0 Å². The van der Waals surface area contributed by atoms with Crippen LogP contribution in [0.5, 0.6) is 0 Å². The van der Waals surface area contributed by atoms with E-state index in [9.17, 15) is 4.79 Å². The molecule has 1 rings (SSSR count). The Bertz CT molecular complexity index is 231. The van der Waals surface area contributed by atoms with Crippen LogP contribution in [0.4, 0.5) is 0 Å². The first kappa shape index (κ1) is 13.5. The van der Waals surface area contributed by atoms with E-state index in [4.69, 9.17) is 10.8 Å². The molecular formula is C12H24N2O2. The van der Waals surface area contributed by atoms with E-state index >= 15 is 0 Å². The SMILES string of the molecule is CC(C)N(CCO)C(=O)C1CCCC(N)C1. The maximum absolute atomic E-state index is 12.2. The molecule has 1 saturated carbocycles. The quantitative estimate of drug-likeness (QED) is 0.745.